The molecule has 27 heavy (non-hydrogen) atoms. The molecule has 2 fully saturated rings. The second-order valence-corrected chi connectivity index (χ2v) is 8.91. The summed E-state index contributed by atoms with van der Waals surface area (Å²) < 4.78 is 33.0. The highest BCUT2D eigenvalue weighted by Crippen LogP contribution is 2.22. The van der Waals surface area contributed by atoms with Crippen LogP contribution in [0.1, 0.15) is 18.1 Å². The summed E-state index contributed by atoms with van der Waals surface area (Å²) in [7, 11) is -3.54. The molecular weight excluding hydrogens is 390 g/mol. The lowest BCUT2D eigenvalue weighted by atomic mass is 10.1. The van der Waals surface area contributed by atoms with Crippen LogP contribution in [-0.4, -0.2) is 75.0 Å². The molecule has 152 valence electrons. The number of piperazine rings is 1. The number of aryl methyl sites for hydroxylation is 2. The first-order valence-electron chi connectivity index (χ1n) is 9.02. The fourth-order valence-corrected chi connectivity index (χ4v) is 5.21. The van der Waals surface area contributed by atoms with Crippen LogP contribution >= 0.6 is 12.4 Å². The lowest BCUT2D eigenvalue weighted by Crippen LogP contribution is -2.60. The molecule has 1 aromatic carbocycles. The number of rotatable bonds is 3. The number of carbonyl (C=O) groups is 1. The molecule has 1 N–H and O–H groups in total. The maximum Gasteiger partial charge on any atom is 0.243 e. The highest BCUT2D eigenvalue weighted by Gasteiger charge is 2.36. The summed E-state index contributed by atoms with van der Waals surface area (Å²) in [6.45, 7) is 8.25. The third-order valence-corrected chi connectivity index (χ3v) is 7.13. The number of hydrogen-bond acceptors (Lipinski definition) is 5. The molecule has 0 spiro atoms. The predicted molar refractivity (Wildman–Crippen MR) is 106 cm³/mol. The molecule has 9 heteroatoms. The van der Waals surface area contributed by atoms with Gasteiger partial charge in [-0.15, -0.1) is 12.4 Å². The van der Waals surface area contributed by atoms with Gasteiger partial charge in [-0.25, -0.2) is 8.42 Å². The van der Waals surface area contributed by atoms with Crippen LogP contribution in [-0.2, 0) is 19.6 Å². The molecule has 3 rings (SSSR count). The van der Waals surface area contributed by atoms with E-state index in [1.165, 1.54) is 4.31 Å². The maximum atomic E-state index is 13.0. The maximum absolute atomic E-state index is 13.0. The van der Waals surface area contributed by atoms with Crippen LogP contribution in [0.25, 0.3) is 0 Å². The average molecular weight is 418 g/mol. The minimum absolute atomic E-state index is 0. The summed E-state index contributed by atoms with van der Waals surface area (Å²) in [6.07, 6.45) is -0.173. The second-order valence-electron chi connectivity index (χ2n) is 7.01. The average Bonchev–Trinajstić information content (AvgIpc) is 2.63. The smallest absolute Gasteiger partial charge is 0.243 e. The zero-order valence-corrected chi connectivity index (χ0v) is 17.6. The number of ether oxygens (including phenoxy) is 1. The Kier molecular flexibility index (Phi) is 7.27. The van der Waals surface area contributed by atoms with Crippen molar-refractivity contribution in [2.75, 3.05) is 39.3 Å². The summed E-state index contributed by atoms with van der Waals surface area (Å²) in [6, 6.07) is 5.10. The zero-order chi connectivity index (χ0) is 18.9. The fraction of sp³-hybridized carbons (Fsp3) is 0.611. The topological polar surface area (TPSA) is 79.0 Å². The van der Waals surface area contributed by atoms with Crippen molar-refractivity contribution in [3.63, 3.8) is 0 Å². The van der Waals surface area contributed by atoms with E-state index in [2.05, 4.69) is 5.32 Å². The highest BCUT2D eigenvalue weighted by atomic mass is 35.5. The van der Waals surface area contributed by atoms with Crippen molar-refractivity contribution in [1.29, 1.82) is 0 Å². The lowest BCUT2D eigenvalue weighted by molar-refractivity contribution is -0.140. The molecule has 0 radical (unpaired) electrons. The van der Waals surface area contributed by atoms with Crippen LogP contribution in [0.4, 0.5) is 0 Å². The number of benzene rings is 1. The van der Waals surface area contributed by atoms with Crippen molar-refractivity contribution in [2.24, 2.45) is 0 Å². The summed E-state index contributed by atoms with van der Waals surface area (Å²) in [5, 5.41) is 3.20. The summed E-state index contributed by atoms with van der Waals surface area (Å²) >= 11 is 0. The first-order chi connectivity index (χ1) is 12.3. The van der Waals surface area contributed by atoms with E-state index in [0.29, 0.717) is 44.2 Å². The molecule has 2 heterocycles. The molecule has 0 unspecified atom stereocenters. The third kappa shape index (κ3) is 4.63. The van der Waals surface area contributed by atoms with Crippen molar-refractivity contribution >= 4 is 28.3 Å². The van der Waals surface area contributed by atoms with Crippen molar-refractivity contribution in [2.45, 2.75) is 37.8 Å². The monoisotopic (exact) mass is 417 g/mol. The molecule has 2 aliphatic heterocycles. The Morgan fingerprint density at radius 3 is 2.48 bits per heavy atom. The van der Waals surface area contributed by atoms with Gasteiger partial charge in [-0.1, -0.05) is 12.1 Å². The van der Waals surface area contributed by atoms with Crippen LogP contribution in [0.3, 0.4) is 0 Å². The normalized spacial score (nSPS) is 24.3. The zero-order valence-electron chi connectivity index (χ0n) is 16.0. The van der Waals surface area contributed by atoms with Gasteiger partial charge < -0.3 is 15.0 Å². The molecule has 2 saturated heterocycles. The number of amides is 1. The minimum Gasteiger partial charge on any atom is -0.375 e. The van der Waals surface area contributed by atoms with Gasteiger partial charge in [-0.2, -0.15) is 4.31 Å². The Morgan fingerprint density at radius 2 is 1.85 bits per heavy atom. The van der Waals surface area contributed by atoms with Gasteiger partial charge in [-0.05, 0) is 38.0 Å². The van der Waals surface area contributed by atoms with Gasteiger partial charge in [0.15, 0.2) is 0 Å². The quantitative estimate of drug-likeness (QED) is 0.791. The SMILES string of the molecule is Cc1ccc(C)c(S(=O)(=O)N2CCN(C(=O)[C@H]3NCCO[C@@H]3C)CC2)c1.Cl. The first-order valence-corrected chi connectivity index (χ1v) is 10.5. The lowest BCUT2D eigenvalue weighted by Gasteiger charge is -2.38. The Balaban J connectivity index is 0.00000261. The van der Waals surface area contributed by atoms with Crippen LogP contribution in [0, 0.1) is 13.8 Å². The summed E-state index contributed by atoms with van der Waals surface area (Å²) in [5.74, 6) is -0.0130. The molecule has 0 aliphatic carbocycles. The van der Waals surface area contributed by atoms with Crippen molar-refractivity contribution in [1.82, 2.24) is 14.5 Å². The minimum atomic E-state index is -3.54. The van der Waals surface area contributed by atoms with Gasteiger partial charge in [-0.3, -0.25) is 4.79 Å². The van der Waals surface area contributed by atoms with E-state index in [1.807, 2.05) is 32.9 Å². The van der Waals surface area contributed by atoms with E-state index in [0.717, 1.165) is 11.1 Å². The summed E-state index contributed by atoms with van der Waals surface area (Å²) in [5.41, 5.74) is 1.66. The molecule has 1 amide bonds. The van der Waals surface area contributed by atoms with E-state index < -0.39 is 10.0 Å². The van der Waals surface area contributed by atoms with Crippen molar-refractivity contribution in [3.05, 3.63) is 29.3 Å². The number of sulfonamides is 1. The molecule has 0 aromatic heterocycles. The van der Waals surface area contributed by atoms with Crippen LogP contribution < -0.4 is 5.32 Å². The van der Waals surface area contributed by atoms with E-state index in [4.69, 9.17) is 4.74 Å². The van der Waals surface area contributed by atoms with Gasteiger partial charge in [0.25, 0.3) is 0 Å². The van der Waals surface area contributed by atoms with Crippen molar-refractivity contribution < 1.29 is 17.9 Å². The summed E-state index contributed by atoms with van der Waals surface area (Å²) in [4.78, 5) is 14.8. The number of hydrogen-bond donors (Lipinski definition) is 1. The standard InChI is InChI=1S/C18H27N3O4S.ClH/c1-13-4-5-14(2)16(12-13)26(23,24)21-9-7-20(8-10-21)18(22)17-15(3)25-11-6-19-17;/h4-5,12,15,17,19H,6-11H2,1-3H3;1H/t15-,17+;/m1./s1. The van der Waals surface area contributed by atoms with E-state index in [-0.39, 0.29) is 30.5 Å². The van der Waals surface area contributed by atoms with Crippen LogP contribution in [0.5, 0.6) is 0 Å². The molecule has 1 aromatic rings. The first kappa shape index (κ1) is 22.1. The Bertz CT molecular complexity index is 779. The van der Waals surface area contributed by atoms with Crippen LogP contribution in [0.15, 0.2) is 23.1 Å². The molecular formula is C18H28ClN3O4S. The van der Waals surface area contributed by atoms with Crippen molar-refractivity contribution in [3.8, 4) is 0 Å². The predicted octanol–water partition coefficient (Wildman–Crippen LogP) is 0.935. The van der Waals surface area contributed by atoms with Gasteiger partial charge >= 0.3 is 0 Å². The molecule has 2 atom stereocenters. The van der Waals surface area contributed by atoms with Crippen LogP contribution in [0.2, 0.25) is 0 Å². The number of nitrogens with one attached hydrogen (secondary N) is 1. The van der Waals surface area contributed by atoms with Gasteiger partial charge in [0.05, 0.1) is 17.6 Å². The highest BCUT2D eigenvalue weighted by molar-refractivity contribution is 7.89. The van der Waals surface area contributed by atoms with E-state index in [9.17, 15) is 13.2 Å². The number of nitrogens with zero attached hydrogens (tertiary/aromatic N) is 2. The largest absolute Gasteiger partial charge is 0.375 e. The number of morpholine rings is 1. The molecule has 2 aliphatic rings. The number of carbonyl (C=O) groups excluding carboxylic acids is 1. The second kappa shape index (κ2) is 8.87. The van der Waals surface area contributed by atoms with Gasteiger partial charge in [0.2, 0.25) is 15.9 Å². The Morgan fingerprint density at radius 1 is 1.19 bits per heavy atom. The Labute approximate surface area is 167 Å². The van der Waals surface area contributed by atoms with E-state index in [1.54, 1.807) is 11.0 Å². The van der Waals surface area contributed by atoms with E-state index >= 15 is 0 Å². The van der Waals surface area contributed by atoms with Gasteiger partial charge in [0, 0.05) is 32.7 Å². The molecule has 7 nitrogen and oxygen atoms in total. The third-order valence-electron chi connectivity index (χ3n) is 5.09. The molecule has 0 bridgehead atoms. The van der Waals surface area contributed by atoms with Gasteiger partial charge in [0.1, 0.15) is 6.04 Å². The number of halogens is 1. The Hall–Kier alpha value is -1.19. The fourth-order valence-electron chi connectivity index (χ4n) is 3.48. The molecule has 0 saturated carbocycles.